The van der Waals surface area contributed by atoms with Crippen LogP contribution in [-0.2, 0) is 13.5 Å². The number of anilines is 1. The Bertz CT molecular complexity index is 656. The fraction of sp³-hybridized carbons (Fsp3) is 0.429. The summed E-state index contributed by atoms with van der Waals surface area (Å²) in [6, 6.07) is 2.55. The van der Waals surface area contributed by atoms with Crippen LogP contribution >= 0.6 is 23.6 Å². The molecule has 0 fully saturated rings. The molecule has 0 radical (unpaired) electrons. The van der Waals surface area contributed by atoms with Gasteiger partial charge >= 0.3 is 0 Å². The number of aromatic nitrogens is 2. The Balaban J connectivity index is 1.96. The third kappa shape index (κ3) is 2.23. The molecule has 1 aliphatic rings. The molecule has 0 aliphatic heterocycles. The van der Waals surface area contributed by atoms with Gasteiger partial charge in [0.25, 0.3) is 0 Å². The van der Waals surface area contributed by atoms with Crippen LogP contribution in [0, 0.1) is 6.92 Å². The number of rotatable bonds is 3. The molecule has 1 atom stereocenters. The first-order valence-electron chi connectivity index (χ1n) is 6.74. The highest BCUT2D eigenvalue weighted by Crippen LogP contribution is 2.36. The number of hydrogen-bond acceptors (Lipinski definition) is 4. The van der Waals surface area contributed by atoms with Gasteiger partial charge < -0.3 is 11.1 Å². The number of fused-ring (bicyclic) bond motifs is 1. The van der Waals surface area contributed by atoms with Crippen molar-refractivity contribution in [3.63, 3.8) is 0 Å². The zero-order valence-electron chi connectivity index (χ0n) is 11.6. The van der Waals surface area contributed by atoms with E-state index in [1.165, 1.54) is 23.3 Å². The Morgan fingerprint density at radius 2 is 2.40 bits per heavy atom. The van der Waals surface area contributed by atoms with Gasteiger partial charge in [-0.2, -0.15) is 5.10 Å². The summed E-state index contributed by atoms with van der Waals surface area (Å²) < 4.78 is 1.84. The van der Waals surface area contributed by atoms with Crippen LogP contribution in [0.4, 0.5) is 5.82 Å². The summed E-state index contributed by atoms with van der Waals surface area (Å²) in [6.07, 6.45) is 3.53. The standard InChI is InChI=1S/C14H18N4S2/c1-8-12(13(15)19)14(18(2)17-8)16-10-4-3-5-11-9(10)6-7-20-11/h6-7,10,16H,3-5H2,1-2H3,(H2,15,19). The molecule has 0 spiro atoms. The quantitative estimate of drug-likeness (QED) is 0.856. The minimum atomic E-state index is 0.327. The molecule has 20 heavy (non-hydrogen) atoms. The summed E-state index contributed by atoms with van der Waals surface area (Å²) >= 11 is 7.01. The summed E-state index contributed by atoms with van der Waals surface area (Å²) in [5, 5.41) is 10.2. The predicted octanol–water partition coefficient (Wildman–Crippen LogP) is 2.91. The molecule has 0 saturated carbocycles. The molecule has 0 aromatic carbocycles. The lowest BCUT2D eigenvalue weighted by molar-refractivity contribution is 0.600. The molecule has 6 heteroatoms. The first kappa shape index (κ1) is 13.6. The van der Waals surface area contributed by atoms with E-state index in [1.807, 2.05) is 30.0 Å². The maximum Gasteiger partial charge on any atom is 0.135 e. The van der Waals surface area contributed by atoms with Crippen LogP contribution in [0.15, 0.2) is 11.4 Å². The van der Waals surface area contributed by atoms with Crippen LogP contribution < -0.4 is 11.1 Å². The minimum absolute atomic E-state index is 0.327. The van der Waals surface area contributed by atoms with Gasteiger partial charge in [-0.05, 0) is 43.2 Å². The van der Waals surface area contributed by atoms with Crippen molar-refractivity contribution in [1.82, 2.24) is 9.78 Å². The molecule has 1 unspecified atom stereocenters. The van der Waals surface area contributed by atoms with Gasteiger partial charge in [0.15, 0.2) is 0 Å². The van der Waals surface area contributed by atoms with Crippen molar-refractivity contribution in [2.75, 3.05) is 5.32 Å². The van der Waals surface area contributed by atoms with Gasteiger partial charge in [0.05, 0.1) is 17.3 Å². The second kappa shape index (κ2) is 5.18. The molecule has 2 aromatic rings. The van der Waals surface area contributed by atoms with Crippen LogP contribution in [0.2, 0.25) is 0 Å². The maximum atomic E-state index is 5.85. The smallest absolute Gasteiger partial charge is 0.135 e. The highest BCUT2D eigenvalue weighted by molar-refractivity contribution is 7.80. The van der Waals surface area contributed by atoms with Gasteiger partial charge in [0.1, 0.15) is 10.8 Å². The first-order valence-corrected chi connectivity index (χ1v) is 8.03. The summed E-state index contributed by atoms with van der Waals surface area (Å²) in [5.41, 5.74) is 9.00. The summed E-state index contributed by atoms with van der Waals surface area (Å²) in [5.74, 6) is 0.930. The monoisotopic (exact) mass is 306 g/mol. The average molecular weight is 306 g/mol. The van der Waals surface area contributed by atoms with E-state index in [0.717, 1.165) is 23.5 Å². The molecule has 2 aromatic heterocycles. The number of aryl methyl sites for hydroxylation is 3. The highest BCUT2D eigenvalue weighted by Gasteiger charge is 2.24. The van der Waals surface area contributed by atoms with E-state index < -0.39 is 0 Å². The Hall–Kier alpha value is -1.40. The molecule has 0 saturated heterocycles. The van der Waals surface area contributed by atoms with Crippen molar-refractivity contribution in [2.45, 2.75) is 32.2 Å². The van der Waals surface area contributed by atoms with Crippen LogP contribution in [-0.4, -0.2) is 14.8 Å². The van der Waals surface area contributed by atoms with Crippen molar-refractivity contribution in [1.29, 1.82) is 0 Å². The van der Waals surface area contributed by atoms with E-state index >= 15 is 0 Å². The van der Waals surface area contributed by atoms with Crippen molar-refractivity contribution in [3.8, 4) is 0 Å². The van der Waals surface area contributed by atoms with Crippen LogP contribution in [0.5, 0.6) is 0 Å². The van der Waals surface area contributed by atoms with E-state index in [1.54, 1.807) is 0 Å². The Labute approximate surface area is 128 Å². The second-order valence-corrected chi connectivity index (χ2v) is 6.63. The zero-order valence-corrected chi connectivity index (χ0v) is 13.3. The molecule has 3 rings (SSSR count). The SMILES string of the molecule is Cc1nn(C)c(NC2CCCc3sccc32)c1C(N)=S. The summed E-state index contributed by atoms with van der Waals surface area (Å²) in [7, 11) is 1.93. The number of hydrogen-bond donors (Lipinski definition) is 2. The number of nitrogens with zero attached hydrogens (tertiary/aromatic N) is 2. The third-order valence-electron chi connectivity index (χ3n) is 3.83. The molecule has 3 N–H and O–H groups in total. The lowest BCUT2D eigenvalue weighted by Gasteiger charge is -2.25. The molecule has 0 bridgehead atoms. The molecular formula is C14H18N4S2. The highest BCUT2D eigenvalue weighted by atomic mass is 32.1. The van der Waals surface area contributed by atoms with Crippen molar-refractivity contribution in [3.05, 3.63) is 33.1 Å². The number of thiocarbonyl (C=S) groups is 1. The van der Waals surface area contributed by atoms with Crippen LogP contribution in [0.1, 0.15) is 40.6 Å². The van der Waals surface area contributed by atoms with Gasteiger partial charge in [-0.1, -0.05) is 12.2 Å². The van der Waals surface area contributed by atoms with Gasteiger partial charge in [-0.15, -0.1) is 11.3 Å². The van der Waals surface area contributed by atoms with E-state index in [4.69, 9.17) is 18.0 Å². The molecule has 106 valence electrons. The average Bonchev–Trinajstić information content (AvgIpc) is 2.95. The number of thiophene rings is 1. The van der Waals surface area contributed by atoms with Gasteiger partial charge in [-0.3, -0.25) is 4.68 Å². The molecule has 1 aliphatic carbocycles. The lowest BCUT2D eigenvalue weighted by atomic mass is 9.94. The lowest BCUT2D eigenvalue weighted by Crippen LogP contribution is -2.20. The molecular weight excluding hydrogens is 288 g/mol. The second-order valence-electron chi connectivity index (χ2n) is 5.19. The fourth-order valence-corrected chi connectivity index (χ4v) is 4.15. The van der Waals surface area contributed by atoms with Crippen LogP contribution in [0.3, 0.4) is 0 Å². The first-order chi connectivity index (χ1) is 9.58. The van der Waals surface area contributed by atoms with E-state index in [-0.39, 0.29) is 0 Å². The maximum absolute atomic E-state index is 5.85. The predicted molar refractivity (Wildman–Crippen MR) is 87.5 cm³/mol. The Kier molecular flexibility index (Phi) is 3.52. The molecule has 0 amide bonds. The van der Waals surface area contributed by atoms with Gasteiger partial charge in [0.2, 0.25) is 0 Å². The zero-order chi connectivity index (χ0) is 14.3. The Morgan fingerprint density at radius 3 is 3.15 bits per heavy atom. The summed E-state index contributed by atoms with van der Waals surface area (Å²) in [6.45, 7) is 1.94. The normalized spacial score (nSPS) is 17.8. The molecule has 4 nitrogen and oxygen atoms in total. The van der Waals surface area contributed by atoms with Crippen molar-refractivity contribution < 1.29 is 0 Å². The van der Waals surface area contributed by atoms with Crippen molar-refractivity contribution in [2.24, 2.45) is 12.8 Å². The fourth-order valence-electron chi connectivity index (χ4n) is 2.92. The molecule has 2 heterocycles. The third-order valence-corrected chi connectivity index (χ3v) is 5.03. The van der Waals surface area contributed by atoms with E-state index in [9.17, 15) is 0 Å². The Morgan fingerprint density at radius 1 is 1.60 bits per heavy atom. The summed E-state index contributed by atoms with van der Waals surface area (Å²) in [4.78, 5) is 1.89. The number of nitrogens with one attached hydrogen (secondary N) is 1. The largest absolute Gasteiger partial charge is 0.389 e. The van der Waals surface area contributed by atoms with Crippen LogP contribution in [0.25, 0.3) is 0 Å². The topological polar surface area (TPSA) is 55.9 Å². The van der Waals surface area contributed by atoms with Gasteiger partial charge in [-0.25, -0.2) is 0 Å². The van der Waals surface area contributed by atoms with E-state index in [2.05, 4.69) is 21.9 Å². The van der Waals surface area contributed by atoms with Crippen molar-refractivity contribution >= 4 is 34.4 Å². The minimum Gasteiger partial charge on any atom is -0.389 e. The van der Waals surface area contributed by atoms with Gasteiger partial charge in [0, 0.05) is 11.9 Å². The number of nitrogens with two attached hydrogens (primary N) is 1. The van der Waals surface area contributed by atoms with E-state index in [0.29, 0.717) is 11.0 Å².